The molecular weight excluding hydrogens is 180 g/mol. The summed E-state index contributed by atoms with van der Waals surface area (Å²) in [6, 6.07) is 0. The van der Waals surface area contributed by atoms with E-state index in [2.05, 4.69) is 0 Å². The van der Waals surface area contributed by atoms with Gasteiger partial charge in [0, 0.05) is 0 Å². The average Bonchev–Trinajstić information content (AvgIpc) is 1.83. The van der Waals surface area contributed by atoms with E-state index in [1.165, 1.54) is 24.3 Å². The molecule has 1 atom stereocenters. The Bertz CT molecular complexity index is 329. The minimum Gasteiger partial charge on any atom is -0.309 e. The third-order valence-corrected chi connectivity index (χ3v) is 2.80. The largest absolute Gasteiger partial charge is 0.309 e. The zero-order chi connectivity index (χ0) is 9.41. The Labute approximate surface area is 70.5 Å². The van der Waals surface area contributed by atoms with E-state index in [0.717, 1.165) is 0 Å². The van der Waals surface area contributed by atoms with E-state index >= 15 is 0 Å². The van der Waals surface area contributed by atoms with Crippen molar-refractivity contribution in [2.45, 2.75) is 10.9 Å². The molecular formula is C6H10N2O3S. The Balaban J connectivity index is 3.08. The first-order valence-corrected chi connectivity index (χ1v) is 4.74. The summed E-state index contributed by atoms with van der Waals surface area (Å²) in [4.78, 5) is 0. The number of hydrogen-bond donors (Lipinski definition) is 3. The molecule has 0 aliphatic heterocycles. The molecule has 6 heteroatoms. The highest BCUT2D eigenvalue weighted by Crippen LogP contribution is 2.16. The summed E-state index contributed by atoms with van der Waals surface area (Å²) < 4.78 is 30.1. The van der Waals surface area contributed by atoms with E-state index in [1.807, 2.05) is 0 Å². The van der Waals surface area contributed by atoms with Gasteiger partial charge in [0.05, 0.1) is 0 Å². The maximum Gasteiger partial charge on any atom is 0.274 e. The highest BCUT2D eigenvalue weighted by molar-refractivity contribution is 7.86. The fourth-order valence-electron chi connectivity index (χ4n) is 1.01. The summed E-state index contributed by atoms with van der Waals surface area (Å²) in [6.45, 7) is 0. The second-order valence-electron chi connectivity index (χ2n) is 2.68. The van der Waals surface area contributed by atoms with Gasteiger partial charge in [-0.05, 0) is 6.08 Å². The van der Waals surface area contributed by atoms with Crippen LogP contribution in [0.25, 0.3) is 0 Å². The molecule has 5 N–H and O–H groups in total. The lowest BCUT2D eigenvalue weighted by atomic mass is 10.0. The van der Waals surface area contributed by atoms with Crippen molar-refractivity contribution in [2.24, 2.45) is 11.5 Å². The molecule has 5 nitrogen and oxygen atoms in total. The highest BCUT2D eigenvalue weighted by Gasteiger charge is 2.37. The van der Waals surface area contributed by atoms with Gasteiger partial charge in [-0.15, -0.1) is 0 Å². The fraction of sp³-hybridized carbons (Fsp3) is 0.333. The number of allylic oxidation sites excluding steroid dienone is 2. The SMILES string of the molecule is NC1(N)C=CC=CC1S(=O)(=O)O. The average molecular weight is 190 g/mol. The van der Waals surface area contributed by atoms with E-state index in [1.54, 1.807) is 0 Å². The summed E-state index contributed by atoms with van der Waals surface area (Å²) >= 11 is 0. The Hall–Kier alpha value is -0.690. The smallest absolute Gasteiger partial charge is 0.274 e. The lowest BCUT2D eigenvalue weighted by Crippen LogP contribution is -2.59. The molecule has 1 rings (SSSR count). The molecule has 0 saturated heterocycles. The van der Waals surface area contributed by atoms with Crippen molar-refractivity contribution >= 4 is 10.1 Å². The van der Waals surface area contributed by atoms with Crippen molar-refractivity contribution in [3.05, 3.63) is 24.3 Å². The third-order valence-electron chi connectivity index (χ3n) is 1.60. The van der Waals surface area contributed by atoms with Crippen molar-refractivity contribution in [3.63, 3.8) is 0 Å². The molecule has 68 valence electrons. The quantitative estimate of drug-likeness (QED) is 0.362. The molecule has 0 aromatic heterocycles. The van der Waals surface area contributed by atoms with Gasteiger partial charge in [-0.25, -0.2) is 0 Å². The molecule has 0 radical (unpaired) electrons. The first-order chi connectivity index (χ1) is 5.34. The van der Waals surface area contributed by atoms with Crippen LogP contribution in [0.1, 0.15) is 0 Å². The van der Waals surface area contributed by atoms with E-state index in [4.69, 9.17) is 16.0 Å². The van der Waals surface area contributed by atoms with Crippen molar-refractivity contribution in [2.75, 3.05) is 0 Å². The van der Waals surface area contributed by atoms with Gasteiger partial charge in [0.2, 0.25) is 0 Å². The van der Waals surface area contributed by atoms with Crippen LogP contribution in [-0.2, 0) is 10.1 Å². The van der Waals surface area contributed by atoms with Gasteiger partial charge in [-0.1, -0.05) is 18.2 Å². The predicted octanol–water partition coefficient (Wildman–Crippen LogP) is -1.02. The van der Waals surface area contributed by atoms with Gasteiger partial charge in [0.25, 0.3) is 10.1 Å². The molecule has 0 saturated carbocycles. The maximum atomic E-state index is 10.7. The monoisotopic (exact) mass is 190 g/mol. The molecule has 12 heavy (non-hydrogen) atoms. The summed E-state index contributed by atoms with van der Waals surface area (Å²) in [7, 11) is -4.22. The van der Waals surface area contributed by atoms with Gasteiger partial charge >= 0.3 is 0 Å². The Morgan fingerprint density at radius 2 is 1.92 bits per heavy atom. The van der Waals surface area contributed by atoms with Crippen LogP contribution in [0, 0.1) is 0 Å². The minimum absolute atomic E-state index is 1.25. The zero-order valence-corrected chi connectivity index (χ0v) is 7.03. The zero-order valence-electron chi connectivity index (χ0n) is 6.21. The van der Waals surface area contributed by atoms with Gasteiger partial charge in [0.15, 0.2) is 0 Å². The summed E-state index contributed by atoms with van der Waals surface area (Å²) in [6.07, 6.45) is 5.57. The number of nitrogens with two attached hydrogens (primary N) is 2. The molecule has 0 aromatic carbocycles. The molecule has 0 spiro atoms. The molecule has 0 amide bonds. The van der Waals surface area contributed by atoms with Crippen LogP contribution >= 0.6 is 0 Å². The molecule has 0 heterocycles. The highest BCUT2D eigenvalue weighted by atomic mass is 32.2. The van der Waals surface area contributed by atoms with Crippen molar-refractivity contribution in [1.29, 1.82) is 0 Å². The molecule has 1 aliphatic carbocycles. The van der Waals surface area contributed by atoms with Crippen LogP contribution in [0.2, 0.25) is 0 Å². The minimum atomic E-state index is -4.22. The van der Waals surface area contributed by atoms with Gasteiger partial charge in [0.1, 0.15) is 10.9 Å². The van der Waals surface area contributed by atoms with Crippen LogP contribution in [0.15, 0.2) is 24.3 Å². The van der Waals surface area contributed by atoms with Crippen LogP contribution in [0.3, 0.4) is 0 Å². The van der Waals surface area contributed by atoms with Crippen LogP contribution < -0.4 is 11.5 Å². The standard InChI is InChI=1S/C6H10N2O3S/c7-6(8)4-2-1-3-5(6)12(9,10)11/h1-5H,7-8H2,(H,9,10,11). The van der Waals surface area contributed by atoms with Gasteiger partial charge < -0.3 is 11.5 Å². The fourth-order valence-corrected chi connectivity index (χ4v) is 1.89. The molecule has 1 unspecified atom stereocenters. The first kappa shape index (κ1) is 9.40. The van der Waals surface area contributed by atoms with Crippen LogP contribution in [0.5, 0.6) is 0 Å². The lowest BCUT2D eigenvalue weighted by molar-refractivity contribution is 0.443. The number of hydrogen-bond acceptors (Lipinski definition) is 4. The first-order valence-electron chi connectivity index (χ1n) is 3.24. The van der Waals surface area contributed by atoms with Crippen molar-refractivity contribution in [1.82, 2.24) is 0 Å². The Morgan fingerprint density at radius 1 is 1.33 bits per heavy atom. The topological polar surface area (TPSA) is 106 Å². The Morgan fingerprint density at radius 3 is 2.25 bits per heavy atom. The molecule has 1 aliphatic rings. The van der Waals surface area contributed by atoms with Gasteiger partial charge in [-0.3, -0.25) is 4.55 Å². The van der Waals surface area contributed by atoms with E-state index in [-0.39, 0.29) is 0 Å². The molecule has 0 bridgehead atoms. The van der Waals surface area contributed by atoms with Crippen LogP contribution in [-0.4, -0.2) is 23.9 Å². The van der Waals surface area contributed by atoms with Crippen LogP contribution in [0.4, 0.5) is 0 Å². The normalized spacial score (nSPS) is 27.4. The van der Waals surface area contributed by atoms with Crippen molar-refractivity contribution in [3.8, 4) is 0 Å². The third kappa shape index (κ3) is 1.72. The summed E-state index contributed by atoms with van der Waals surface area (Å²) in [5.41, 5.74) is 9.29. The second-order valence-corrected chi connectivity index (χ2v) is 4.22. The maximum absolute atomic E-state index is 10.7. The van der Waals surface area contributed by atoms with E-state index < -0.39 is 21.0 Å². The Kier molecular flexibility index (Phi) is 2.09. The number of rotatable bonds is 1. The van der Waals surface area contributed by atoms with Crippen molar-refractivity contribution < 1.29 is 13.0 Å². The molecule has 0 aromatic rings. The van der Waals surface area contributed by atoms with E-state index in [9.17, 15) is 8.42 Å². The summed E-state index contributed by atoms with van der Waals surface area (Å²) in [5, 5.41) is -1.27. The second kappa shape index (κ2) is 2.67. The van der Waals surface area contributed by atoms with Gasteiger partial charge in [-0.2, -0.15) is 8.42 Å². The summed E-state index contributed by atoms with van der Waals surface area (Å²) in [5.74, 6) is 0. The van der Waals surface area contributed by atoms with E-state index in [0.29, 0.717) is 0 Å². The lowest BCUT2D eigenvalue weighted by Gasteiger charge is -2.28. The molecule has 0 fully saturated rings. The predicted molar refractivity (Wildman–Crippen MR) is 44.7 cm³/mol.